The first-order valence-electron chi connectivity index (χ1n) is 8.79. The number of hydrogen-bond donors (Lipinski definition) is 2. The number of fused-ring (bicyclic) bond motifs is 2. The summed E-state index contributed by atoms with van der Waals surface area (Å²) in [5.41, 5.74) is -4.71. The Morgan fingerprint density at radius 3 is 2.21 bits per heavy atom. The molecule has 164 valence electrons. The third-order valence-corrected chi connectivity index (χ3v) is 10.7. The summed E-state index contributed by atoms with van der Waals surface area (Å²) >= 11 is 1.80. The molecular weight excluding hydrogens is 622 g/mol. The molecule has 1 saturated heterocycles. The second-order valence-corrected chi connectivity index (χ2v) is 12.8. The van der Waals surface area contributed by atoms with E-state index in [4.69, 9.17) is 4.74 Å². The minimum atomic E-state index is -5.79. The summed E-state index contributed by atoms with van der Waals surface area (Å²) in [4.78, 5) is 12.4. The summed E-state index contributed by atoms with van der Waals surface area (Å²) in [6, 6.07) is 0. The van der Waals surface area contributed by atoms with Crippen molar-refractivity contribution < 1.29 is 62.5 Å². The van der Waals surface area contributed by atoms with Crippen LogP contribution in [0.25, 0.3) is 0 Å². The van der Waals surface area contributed by atoms with Gasteiger partial charge in [-0.3, -0.25) is 0 Å². The van der Waals surface area contributed by atoms with Gasteiger partial charge in [-0.25, -0.2) is 0 Å². The van der Waals surface area contributed by atoms with Gasteiger partial charge in [-0.15, -0.1) is 0 Å². The second kappa shape index (κ2) is 7.53. The maximum atomic E-state index is 13.0. The van der Waals surface area contributed by atoms with Crippen LogP contribution in [-0.4, -0.2) is 42.6 Å². The van der Waals surface area contributed by atoms with E-state index in [2.05, 4.69) is 3.53 Å². The number of aliphatic hydroxyl groups is 1. The van der Waals surface area contributed by atoms with E-state index in [-0.39, 0.29) is 44.3 Å². The van der Waals surface area contributed by atoms with E-state index in [0.717, 1.165) is 0 Å². The standard InChI is InChI=1S/C16H20F6I2NO3/c1-13(23,11-24-25-11)12(26)28-10-4-7-2-8(5-10)9(3-7)6-14(27,15(17,18)19)16(20,21)22/h7-11,25,27H,2-6H2,1H3/q-1. The number of hydrogen-bond acceptors (Lipinski definition) is 4. The Balaban J connectivity index is 1.66. The molecule has 1 aliphatic heterocycles. The average molecular weight is 642 g/mol. The predicted molar refractivity (Wildman–Crippen MR) is 89.8 cm³/mol. The Morgan fingerprint density at radius 2 is 1.71 bits per heavy atom. The Bertz CT molecular complexity index is 608. The molecule has 2 N–H and O–H groups in total. The van der Waals surface area contributed by atoms with Crippen LogP contribution >= 0.6 is 22.6 Å². The van der Waals surface area contributed by atoms with Crippen molar-refractivity contribution in [2.24, 2.45) is 17.8 Å². The number of carbonyl (C=O) groups is 1. The first-order valence-corrected chi connectivity index (χ1v) is 12.2. The van der Waals surface area contributed by atoms with Crippen LogP contribution in [0.3, 0.4) is 0 Å². The Kier molecular flexibility index (Phi) is 6.22. The van der Waals surface area contributed by atoms with Crippen molar-refractivity contribution >= 4 is 28.6 Å². The third-order valence-electron chi connectivity index (χ3n) is 5.96. The molecule has 0 aromatic carbocycles. The Hall–Kier alpha value is 0.430. The summed E-state index contributed by atoms with van der Waals surface area (Å²) in [5.74, 6) is -1.84. The summed E-state index contributed by atoms with van der Waals surface area (Å²) in [5, 5.41) is 9.51. The van der Waals surface area contributed by atoms with Crippen LogP contribution in [0.5, 0.6) is 0 Å². The first kappa shape index (κ1) is 23.1. The van der Waals surface area contributed by atoms with Gasteiger partial charge >= 0.3 is 183 Å². The average Bonchev–Trinajstić information content (AvgIpc) is 3.33. The van der Waals surface area contributed by atoms with Gasteiger partial charge in [-0.1, -0.05) is 0 Å². The normalized spacial score (nSPS) is 35.7. The molecule has 12 heteroatoms. The van der Waals surface area contributed by atoms with Gasteiger partial charge in [0.15, 0.2) is 0 Å². The molecule has 0 spiro atoms. The zero-order chi connectivity index (χ0) is 21.1. The van der Waals surface area contributed by atoms with Gasteiger partial charge in [0, 0.05) is 0 Å². The third kappa shape index (κ3) is 4.39. The fourth-order valence-electron chi connectivity index (χ4n) is 4.35. The van der Waals surface area contributed by atoms with Crippen LogP contribution in [0, 0.1) is 17.8 Å². The van der Waals surface area contributed by atoms with Gasteiger partial charge in [-0.2, -0.15) is 0 Å². The van der Waals surface area contributed by atoms with E-state index in [0.29, 0.717) is 12.8 Å². The monoisotopic (exact) mass is 642 g/mol. The van der Waals surface area contributed by atoms with Crippen molar-refractivity contribution in [3.8, 4) is 0 Å². The van der Waals surface area contributed by atoms with Gasteiger partial charge in [-0.05, 0) is 0 Å². The zero-order valence-electron chi connectivity index (χ0n) is 14.7. The van der Waals surface area contributed by atoms with Gasteiger partial charge in [0.2, 0.25) is 0 Å². The topological polar surface area (TPSA) is 68.5 Å². The predicted octanol–water partition coefficient (Wildman–Crippen LogP) is 0.707. The van der Waals surface area contributed by atoms with Crippen molar-refractivity contribution in [3.05, 3.63) is 0 Å². The van der Waals surface area contributed by atoms with Crippen molar-refractivity contribution in [1.82, 2.24) is 3.53 Å². The molecule has 28 heavy (non-hydrogen) atoms. The van der Waals surface area contributed by atoms with Crippen molar-refractivity contribution in [2.75, 3.05) is 0 Å². The molecule has 4 nitrogen and oxygen atoms in total. The fourth-order valence-corrected chi connectivity index (χ4v) is 7.66. The molecular formula is C16H20F6I2NO3-. The molecule has 2 aliphatic carbocycles. The van der Waals surface area contributed by atoms with E-state index in [1.807, 2.05) is 22.6 Å². The van der Waals surface area contributed by atoms with Gasteiger partial charge in [0.05, 0.1) is 0 Å². The number of rotatable bonds is 5. The fraction of sp³-hybridized carbons (Fsp3) is 0.938. The second-order valence-electron chi connectivity index (χ2n) is 8.07. The molecule has 3 fully saturated rings. The molecule has 3 rings (SSSR count). The van der Waals surface area contributed by atoms with E-state index >= 15 is 0 Å². The van der Waals surface area contributed by atoms with Crippen LogP contribution < -0.4 is 25.0 Å². The molecule has 2 saturated carbocycles. The quantitative estimate of drug-likeness (QED) is 0.0883. The van der Waals surface area contributed by atoms with Gasteiger partial charge < -0.3 is 0 Å². The van der Waals surface area contributed by atoms with Crippen LogP contribution in [0.4, 0.5) is 26.3 Å². The molecule has 6 unspecified atom stereocenters. The molecule has 1 heterocycles. The van der Waals surface area contributed by atoms with Gasteiger partial charge in [0.1, 0.15) is 0 Å². The van der Waals surface area contributed by atoms with Crippen LogP contribution in [0.15, 0.2) is 0 Å². The van der Waals surface area contributed by atoms with E-state index in [9.17, 15) is 36.2 Å². The number of esters is 1. The number of carbonyl (C=O) groups excluding carboxylic acids is 1. The molecule has 2 bridgehead atoms. The summed E-state index contributed by atoms with van der Waals surface area (Å²) in [6.45, 7) is 1.76. The van der Waals surface area contributed by atoms with Crippen molar-refractivity contribution in [2.45, 2.75) is 70.6 Å². The van der Waals surface area contributed by atoms with E-state index < -0.39 is 51.7 Å². The van der Waals surface area contributed by atoms with Crippen LogP contribution in [-0.2, 0) is 9.53 Å². The van der Waals surface area contributed by atoms with Crippen molar-refractivity contribution in [1.29, 1.82) is 0 Å². The number of halogens is 8. The van der Waals surface area contributed by atoms with E-state index in [1.54, 1.807) is 6.92 Å². The summed E-state index contributed by atoms with van der Waals surface area (Å²) in [7, 11) is 0. The molecule has 0 aromatic heterocycles. The first-order chi connectivity index (χ1) is 12.6. The van der Waals surface area contributed by atoms with Crippen LogP contribution in [0.1, 0.15) is 39.0 Å². The van der Waals surface area contributed by atoms with Gasteiger partial charge in [0.25, 0.3) is 0 Å². The zero-order valence-corrected chi connectivity index (χ0v) is 19.0. The molecule has 3 aliphatic rings. The SMILES string of the molecule is CC(I)(C(=O)OC1CC2CC(C1)C(CC(O)(C(F)(F)F)C(F)(F)F)C2)C1N[I-]1. The number of nitrogens with one attached hydrogen (secondary N) is 1. The van der Waals surface area contributed by atoms with Crippen molar-refractivity contribution in [3.63, 3.8) is 0 Å². The maximum absolute atomic E-state index is 13.0. The Morgan fingerprint density at radius 1 is 1.14 bits per heavy atom. The van der Waals surface area contributed by atoms with Crippen LogP contribution in [0.2, 0.25) is 0 Å². The Labute approximate surface area is 182 Å². The molecule has 0 radical (unpaired) electrons. The number of ether oxygens (including phenoxy) is 1. The minimum absolute atomic E-state index is 0.0980. The summed E-state index contributed by atoms with van der Waals surface area (Å²) in [6.07, 6.45) is -12.1. The molecule has 0 aromatic rings. The van der Waals surface area contributed by atoms with E-state index in [1.165, 1.54) is 0 Å². The number of alkyl halides is 8. The summed E-state index contributed by atoms with van der Waals surface area (Å²) < 4.78 is 86.2. The molecule has 6 atom stereocenters. The molecule has 0 amide bonds.